The zero-order chi connectivity index (χ0) is 19.6. The summed E-state index contributed by atoms with van der Waals surface area (Å²) in [6.45, 7) is 10.1. The fraction of sp³-hybridized carbons (Fsp3) is 0.320. The van der Waals surface area contributed by atoms with Crippen LogP contribution in [-0.4, -0.2) is 27.9 Å². The number of pyridine rings is 1. The van der Waals surface area contributed by atoms with Crippen molar-refractivity contribution in [1.29, 1.82) is 0 Å². The van der Waals surface area contributed by atoms with Crippen LogP contribution in [0.1, 0.15) is 36.4 Å². The van der Waals surface area contributed by atoms with Gasteiger partial charge in [0.25, 0.3) is 0 Å². The standard InChI is InChI=1S/C25H31N3/c1-3-27(18-22-12-7-5-8-13-22)20-24-16-11-17-25(26-24)21-28(4-2)19-23-14-9-6-10-15-23/h5-17H,3-4,18-21H2,1-2H3. The van der Waals surface area contributed by atoms with Crippen LogP contribution in [0.2, 0.25) is 0 Å². The van der Waals surface area contributed by atoms with Crippen LogP contribution in [0.3, 0.4) is 0 Å². The Hall–Kier alpha value is -2.49. The molecular formula is C25H31N3. The quantitative estimate of drug-likeness (QED) is 0.491. The predicted molar refractivity (Wildman–Crippen MR) is 117 cm³/mol. The molecule has 146 valence electrons. The summed E-state index contributed by atoms with van der Waals surface area (Å²) in [7, 11) is 0. The molecule has 0 radical (unpaired) electrons. The van der Waals surface area contributed by atoms with Crippen LogP contribution < -0.4 is 0 Å². The van der Waals surface area contributed by atoms with E-state index in [1.165, 1.54) is 11.1 Å². The van der Waals surface area contributed by atoms with E-state index in [1.807, 2.05) is 0 Å². The minimum atomic E-state index is 0.879. The predicted octanol–water partition coefficient (Wildman–Crippen LogP) is 5.13. The Morgan fingerprint density at radius 1 is 0.536 bits per heavy atom. The summed E-state index contributed by atoms with van der Waals surface area (Å²) in [6, 6.07) is 27.7. The van der Waals surface area contributed by atoms with Crippen LogP contribution in [0.5, 0.6) is 0 Å². The Morgan fingerprint density at radius 2 is 0.964 bits per heavy atom. The molecule has 0 unspecified atom stereocenters. The number of hydrogen-bond acceptors (Lipinski definition) is 3. The zero-order valence-electron chi connectivity index (χ0n) is 17.1. The molecule has 2 aromatic carbocycles. The smallest absolute Gasteiger partial charge is 0.0548 e. The normalized spacial score (nSPS) is 11.3. The van der Waals surface area contributed by atoms with Crippen molar-refractivity contribution in [2.45, 2.75) is 40.0 Å². The van der Waals surface area contributed by atoms with Crippen molar-refractivity contribution in [3.8, 4) is 0 Å². The van der Waals surface area contributed by atoms with E-state index in [0.717, 1.165) is 50.7 Å². The Morgan fingerprint density at radius 3 is 1.36 bits per heavy atom. The molecule has 0 amide bonds. The lowest BCUT2D eigenvalue weighted by molar-refractivity contribution is 0.260. The molecule has 3 heteroatoms. The van der Waals surface area contributed by atoms with Gasteiger partial charge >= 0.3 is 0 Å². The van der Waals surface area contributed by atoms with Gasteiger partial charge in [-0.15, -0.1) is 0 Å². The Balaban J connectivity index is 1.62. The number of aromatic nitrogens is 1. The second kappa shape index (κ2) is 10.7. The summed E-state index contributed by atoms with van der Waals surface area (Å²) < 4.78 is 0. The molecule has 0 fully saturated rings. The first-order valence-corrected chi connectivity index (χ1v) is 10.2. The summed E-state index contributed by atoms with van der Waals surface area (Å²) in [5.74, 6) is 0. The minimum Gasteiger partial charge on any atom is -0.294 e. The highest BCUT2D eigenvalue weighted by atomic mass is 15.1. The van der Waals surface area contributed by atoms with Gasteiger partial charge in [0, 0.05) is 26.2 Å². The number of benzene rings is 2. The molecule has 0 saturated carbocycles. The maximum atomic E-state index is 4.95. The largest absolute Gasteiger partial charge is 0.294 e. The van der Waals surface area contributed by atoms with Crippen molar-refractivity contribution in [2.75, 3.05) is 13.1 Å². The lowest BCUT2D eigenvalue weighted by Gasteiger charge is -2.22. The van der Waals surface area contributed by atoms with Gasteiger partial charge in [0.1, 0.15) is 0 Å². The van der Waals surface area contributed by atoms with E-state index < -0.39 is 0 Å². The molecule has 0 saturated heterocycles. The van der Waals surface area contributed by atoms with Gasteiger partial charge in [0.05, 0.1) is 11.4 Å². The third-order valence-corrected chi connectivity index (χ3v) is 5.03. The molecule has 0 aliphatic rings. The highest BCUT2D eigenvalue weighted by Crippen LogP contribution is 2.12. The van der Waals surface area contributed by atoms with Crippen LogP contribution in [0.15, 0.2) is 78.9 Å². The minimum absolute atomic E-state index is 0.879. The van der Waals surface area contributed by atoms with Crippen LogP contribution >= 0.6 is 0 Å². The lowest BCUT2D eigenvalue weighted by Crippen LogP contribution is -2.25. The molecule has 0 N–H and O–H groups in total. The highest BCUT2D eigenvalue weighted by Gasteiger charge is 2.09. The number of nitrogens with zero attached hydrogens (tertiary/aromatic N) is 3. The van der Waals surface area contributed by atoms with Gasteiger partial charge in [-0.3, -0.25) is 14.8 Å². The molecule has 3 aromatic rings. The third kappa shape index (κ3) is 6.29. The molecular weight excluding hydrogens is 342 g/mol. The lowest BCUT2D eigenvalue weighted by atomic mass is 10.2. The van der Waals surface area contributed by atoms with Crippen molar-refractivity contribution in [2.24, 2.45) is 0 Å². The van der Waals surface area contributed by atoms with Crippen molar-refractivity contribution in [3.63, 3.8) is 0 Å². The molecule has 1 heterocycles. The van der Waals surface area contributed by atoms with Crippen LogP contribution in [0, 0.1) is 0 Å². The first kappa shape index (κ1) is 20.2. The third-order valence-electron chi connectivity index (χ3n) is 5.03. The molecule has 3 rings (SSSR count). The summed E-state index contributed by atoms with van der Waals surface area (Å²) >= 11 is 0. The van der Waals surface area contributed by atoms with E-state index >= 15 is 0 Å². The van der Waals surface area contributed by atoms with E-state index in [2.05, 4.69) is 103 Å². The Bertz CT molecular complexity index is 751. The van der Waals surface area contributed by atoms with Crippen molar-refractivity contribution < 1.29 is 0 Å². The van der Waals surface area contributed by atoms with E-state index in [4.69, 9.17) is 4.98 Å². The molecule has 1 aromatic heterocycles. The SMILES string of the molecule is CCN(Cc1ccccc1)Cc1cccc(CN(CC)Cc2ccccc2)n1. The fourth-order valence-electron chi connectivity index (χ4n) is 3.41. The van der Waals surface area contributed by atoms with E-state index in [0.29, 0.717) is 0 Å². The second-order valence-electron chi connectivity index (χ2n) is 7.20. The monoisotopic (exact) mass is 373 g/mol. The van der Waals surface area contributed by atoms with Crippen molar-refractivity contribution in [3.05, 3.63) is 101 Å². The van der Waals surface area contributed by atoms with Crippen molar-refractivity contribution >= 4 is 0 Å². The Kier molecular flexibility index (Phi) is 7.77. The summed E-state index contributed by atoms with van der Waals surface area (Å²) in [6.07, 6.45) is 0. The summed E-state index contributed by atoms with van der Waals surface area (Å²) in [4.78, 5) is 9.82. The van der Waals surface area contributed by atoms with Gasteiger partial charge in [-0.25, -0.2) is 0 Å². The maximum Gasteiger partial charge on any atom is 0.0548 e. The van der Waals surface area contributed by atoms with E-state index in [9.17, 15) is 0 Å². The number of hydrogen-bond donors (Lipinski definition) is 0. The molecule has 0 aliphatic heterocycles. The van der Waals surface area contributed by atoms with Gasteiger partial charge in [0.2, 0.25) is 0 Å². The van der Waals surface area contributed by atoms with E-state index in [-0.39, 0.29) is 0 Å². The van der Waals surface area contributed by atoms with Gasteiger partial charge in [0.15, 0.2) is 0 Å². The summed E-state index contributed by atoms with van der Waals surface area (Å²) in [5, 5.41) is 0. The second-order valence-corrected chi connectivity index (χ2v) is 7.20. The van der Waals surface area contributed by atoms with Gasteiger partial charge in [-0.2, -0.15) is 0 Å². The average molecular weight is 374 g/mol. The average Bonchev–Trinajstić information content (AvgIpc) is 2.74. The maximum absolute atomic E-state index is 4.95. The summed E-state index contributed by atoms with van der Waals surface area (Å²) in [5.41, 5.74) is 4.98. The molecule has 0 bridgehead atoms. The highest BCUT2D eigenvalue weighted by molar-refractivity contribution is 5.17. The van der Waals surface area contributed by atoms with Crippen molar-refractivity contribution in [1.82, 2.24) is 14.8 Å². The van der Waals surface area contributed by atoms with Crippen LogP contribution in [0.25, 0.3) is 0 Å². The molecule has 0 spiro atoms. The van der Waals surface area contributed by atoms with Gasteiger partial charge < -0.3 is 0 Å². The first-order chi connectivity index (χ1) is 13.8. The topological polar surface area (TPSA) is 19.4 Å². The fourth-order valence-corrected chi connectivity index (χ4v) is 3.41. The van der Waals surface area contributed by atoms with Crippen LogP contribution in [-0.2, 0) is 26.2 Å². The van der Waals surface area contributed by atoms with E-state index in [1.54, 1.807) is 0 Å². The Labute approximate surface area is 169 Å². The number of rotatable bonds is 10. The van der Waals surface area contributed by atoms with Gasteiger partial charge in [-0.05, 0) is 36.3 Å². The molecule has 3 nitrogen and oxygen atoms in total. The zero-order valence-corrected chi connectivity index (χ0v) is 17.1. The van der Waals surface area contributed by atoms with Crippen LogP contribution in [0.4, 0.5) is 0 Å². The molecule has 0 atom stereocenters. The van der Waals surface area contributed by atoms with Gasteiger partial charge in [-0.1, -0.05) is 80.6 Å². The molecule has 0 aliphatic carbocycles. The first-order valence-electron chi connectivity index (χ1n) is 10.2. The molecule has 28 heavy (non-hydrogen) atoms.